The lowest BCUT2D eigenvalue weighted by Gasteiger charge is -2.28. The lowest BCUT2D eigenvalue weighted by Crippen LogP contribution is -2.46. The van der Waals surface area contributed by atoms with Crippen LogP contribution in [0.15, 0.2) is 0 Å². The first-order valence-corrected chi connectivity index (χ1v) is 10.3. The third-order valence-electron chi connectivity index (χ3n) is 3.61. The van der Waals surface area contributed by atoms with Gasteiger partial charge in [-0.1, -0.05) is 6.92 Å². The molecule has 6 heteroatoms. The Kier molecular flexibility index (Phi) is 9.71. The molecule has 1 heterocycles. The Morgan fingerprint density at radius 2 is 1.62 bits per heavy atom. The molecule has 21 heavy (non-hydrogen) atoms. The molecule has 0 spiro atoms. The molecule has 5 nitrogen and oxygen atoms in total. The fourth-order valence-corrected chi connectivity index (χ4v) is 5.02. The molecule has 1 saturated heterocycles. The molecule has 1 fully saturated rings. The molecule has 0 bridgehead atoms. The van der Waals surface area contributed by atoms with Crippen LogP contribution in [0.4, 0.5) is 0 Å². The Bertz CT molecular complexity index is 243. The van der Waals surface area contributed by atoms with E-state index in [2.05, 4.69) is 6.92 Å². The molecule has 1 aliphatic rings. The first-order chi connectivity index (χ1) is 10.2. The summed E-state index contributed by atoms with van der Waals surface area (Å²) in [4.78, 5) is 0. The van der Waals surface area contributed by atoms with Gasteiger partial charge < -0.3 is 22.8 Å². The van der Waals surface area contributed by atoms with Gasteiger partial charge in [-0.3, -0.25) is 0 Å². The number of rotatable bonds is 14. The number of hydrogen-bond acceptors (Lipinski definition) is 5. The van der Waals surface area contributed by atoms with E-state index in [1.165, 1.54) is 0 Å². The molecule has 0 aromatic carbocycles. The first-order valence-electron chi connectivity index (χ1n) is 8.32. The molecule has 1 rings (SSSR count). The topological polar surface area (TPSA) is 49.5 Å². The SMILES string of the molecule is CCO[Si](CCCOCC(CC)C1CO1)(OCC)OCC. The summed E-state index contributed by atoms with van der Waals surface area (Å²) in [5, 5.41) is 0. The van der Waals surface area contributed by atoms with E-state index in [1.807, 2.05) is 20.8 Å². The summed E-state index contributed by atoms with van der Waals surface area (Å²) in [7, 11) is -2.50. The molecule has 2 unspecified atom stereocenters. The van der Waals surface area contributed by atoms with Gasteiger partial charge in [0.1, 0.15) is 0 Å². The maximum atomic E-state index is 5.83. The van der Waals surface area contributed by atoms with E-state index in [9.17, 15) is 0 Å². The summed E-state index contributed by atoms with van der Waals surface area (Å²) in [5.41, 5.74) is 0. The molecule has 0 saturated carbocycles. The summed E-state index contributed by atoms with van der Waals surface area (Å²) in [6.07, 6.45) is 2.45. The van der Waals surface area contributed by atoms with Crippen LogP contribution in [0.3, 0.4) is 0 Å². The van der Waals surface area contributed by atoms with Crippen LogP contribution in [-0.2, 0) is 22.8 Å². The molecule has 0 amide bonds. The predicted octanol–water partition coefficient (Wildman–Crippen LogP) is 2.87. The average Bonchev–Trinajstić information content (AvgIpc) is 3.28. The molecule has 0 radical (unpaired) electrons. The van der Waals surface area contributed by atoms with E-state index < -0.39 is 8.80 Å². The van der Waals surface area contributed by atoms with Crippen molar-refractivity contribution in [1.29, 1.82) is 0 Å². The van der Waals surface area contributed by atoms with Crippen molar-refractivity contribution >= 4 is 8.80 Å². The van der Waals surface area contributed by atoms with Gasteiger partial charge in [0.05, 0.1) is 19.3 Å². The monoisotopic (exact) mass is 320 g/mol. The van der Waals surface area contributed by atoms with Gasteiger partial charge in [-0.15, -0.1) is 0 Å². The summed E-state index contributed by atoms with van der Waals surface area (Å²) in [6, 6.07) is 0.819. The Hall–Kier alpha value is 0.0169. The minimum Gasteiger partial charge on any atom is -0.381 e. The largest absolute Gasteiger partial charge is 0.501 e. The normalized spacial score (nSPS) is 19.7. The highest BCUT2D eigenvalue weighted by molar-refractivity contribution is 6.60. The standard InChI is InChI=1S/C15H32O5Si/c1-5-14(15-13-17-15)12-16-10-9-11-21(18-6-2,19-7-3)20-8-4/h14-15H,5-13H2,1-4H3. The molecular weight excluding hydrogens is 288 g/mol. The zero-order valence-corrected chi connectivity index (χ0v) is 15.1. The average molecular weight is 321 g/mol. The maximum Gasteiger partial charge on any atom is 0.501 e. The molecular formula is C15H32O5Si. The van der Waals surface area contributed by atoms with Crippen LogP contribution in [0.25, 0.3) is 0 Å². The van der Waals surface area contributed by atoms with Crippen molar-refractivity contribution in [1.82, 2.24) is 0 Å². The van der Waals surface area contributed by atoms with Gasteiger partial charge in [0.2, 0.25) is 0 Å². The Balaban J connectivity index is 2.24. The predicted molar refractivity (Wildman–Crippen MR) is 84.4 cm³/mol. The van der Waals surface area contributed by atoms with Crippen LogP contribution in [0.1, 0.15) is 40.5 Å². The van der Waals surface area contributed by atoms with E-state index in [0.29, 0.717) is 31.8 Å². The highest BCUT2D eigenvalue weighted by Gasteiger charge is 2.39. The third-order valence-corrected chi connectivity index (χ3v) is 6.76. The second kappa shape index (κ2) is 10.7. The molecule has 0 aliphatic carbocycles. The molecule has 1 aliphatic heterocycles. The van der Waals surface area contributed by atoms with Gasteiger partial charge in [0.15, 0.2) is 0 Å². The van der Waals surface area contributed by atoms with Crippen LogP contribution in [0.5, 0.6) is 0 Å². The van der Waals surface area contributed by atoms with Crippen molar-refractivity contribution in [3.63, 3.8) is 0 Å². The van der Waals surface area contributed by atoms with Gasteiger partial charge >= 0.3 is 8.80 Å². The van der Waals surface area contributed by atoms with Gasteiger partial charge in [0, 0.05) is 38.4 Å². The van der Waals surface area contributed by atoms with Crippen molar-refractivity contribution in [2.75, 3.05) is 39.6 Å². The van der Waals surface area contributed by atoms with E-state index in [0.717, 1.165) is 38.7 Å². The smallest absolute Gasteiger partial charge is 0.381 e. The second-order valence-electron chi connectivity index (χ2n) is 5.20. The number of hydrogen-bond donors (Lipinski definition) is 0. The summed E-state index contributed by atoms with van der Waals surface area (Å²) < 4.78 is 28.6. The van der Waals surface area contributed by atoms with Gasteiger partial charge in [0.25, 0.3) is 0 Å². The molecule has 0 N–H and O–H groups in total. The minimum atomic E-state index is -2.50. The lowest BCUT2D eigenvalue weighted by molar-refractivity contribution is 0.0601. The quantitative estimate of drug-likeness (QED) is 0.280. The molecule has 0 aromatic rings. The van der Waals surface area contributed by atoms with Crippen molar-refractivity contribution in [2.24, 2.45) is 5.92 Å². The van der Waals surface area contributed by atoms with Gasteiger partial charge in [-0.05, 0) is 33.6 Å². The van der Waals surface area contributed by atoms with Crippen molar-refractivity contribution < 1.29 is 22.8 Å². The van der Waals surface area contributed by atoms with E-state index in [4.69, 9.17) is 22.8 Å². The first kappa shape index (κ1) is 19.1. The van der Waals surface area contributed by atoms with Crippen molar-refractivity contribution in [3.05, 3.63) is 0 Å². The van der Waals surface area contributed by atoms with Crippen LogP contribution < -0.4 is 0 Å². The van der Waals surface area contributed by atoms with E-state index in [1.54, 1.807) is 0 Å². The van der Waals surface area contributed by atoms with E-state index in [-0.39, 0.29) is 0 Å². The van der Waals surface area contributed by atoms with Crippen LogP contribution in [0, 0.1) is 5.92 Å². The zero-order valence-electron chi connectivity index (χ0n) is 14.1. The molecule has 2 atom stereocenters. The second-order valence-corrected chi connectivity index (χ2v) is 7.93. The Labute approximate surface area is 130 Å². The van der Waals surface area contributed by atoms with Crippen molar-refractivity contribution in [2.45, 2.75) is 52.7 Å². The van der Waals surface area contributed by atoms with Crippen LogP contribution >= 0.6 is 0 Å². The van der Waals surface area contributed by atoms with Crippen LogP contribution in [-0.4, -0.2) is 54.5 Å². The third kappa shape index (κ3) is 7.21. The fraction of sp³-hybridized carbons (Fsp3) is 1.00. The molecule has 126 valence electrons. The van der Waals surface area contributed by atoms with E-state index >= 15 is 0 Å². The summed E-state index contributed by atoms with van der Waals surface area (Å²) >= 11 is 0. The van der Waals surface area contributed by atoms with Gasteiger partial charge in [-0.2, -0.15) is 0 Å². The Morgan fingerprint density at radius 3 is 2.05 bits per heavy atom. The van der Waals surface area contributed by atoms with Crippen LogP contribution in [0.2, 0.25) is 6.04 Å². The molecule has 0 aromatic heterocycles. The summed E-state index contributed by atoms with van der Waals surface area (Å²) in [6.45, 7) is 12.4. The highest BCUT2D eigenvalue weighted by Crippen LogP contribution is 2.23. The highest BCUT2D eigenvalue weighted by atomic mass is 28.4. The minimum absolute atomic E-state index is 0.429. The number of epoxide rings is 1. The maximum absolute atomic E-state index is 5.83. The number of ether oxygens (including phenoxy) is 2. The fourth-order valence-electron chi connectivity index (χ4n) is 2.44. The van der Waals surface area contributed by atoms with Crippen molar-refractivity contribution in [3.8, 4) is 0 Å². The van der Waals surface area contributed by atoms with Gasteiger partial charge in [-0.25, -0.2) is 0 Å². The summed E-state index contributed by atoms with van der Waals surface area (Å²) in [5.74, 6) is 0.540. The lowest BCUT2D eigenvalue weighted by atomic mass is 10.0. The Morgan fingerprint density at radius 1 is 1.05 bits per heavy atom. The zero-order chi connectivity index (χ0) is 15.6.